The predicted octanol–water partition coefficient (Wildman–Crippen LogP) is 4.79. The lowest BCUT2D eigenvalue weighted by atomic mass is 10.1. The van der Waals surface area contributed by atoms with Gasteiger partial charge < -0.3 is 10.2 Å². The molecule has 0 aliphatic rings. The third kappa shape index (κ3) is 7.85. The smallest absolute Gasteiger partial charge is 0.244 e. The number of nitrogens with one attached hydrogen (secondary N) is 1. The molecule has 2 aromatic rings. The lowest BCUT2D eigenvalue weighted by Crippen LogP contribution is -2.53. The molecule has 192 valence electrons. The van der Waals surface area contributed by atoms with Crippen molar-refractivity contribution in [2.24, 2.45) is 0 Å². The summed E-state index contributed by atoms with van der Waals surface area (Å²) in [5.41, 5.74) is 1.61. The molecule has 0 aromatic heterocycles. The molecular weight excluding hydrogens is 509 g/mol. The SMILES string of the molecule is CC[C@@H](C)NC(=O)[C@H](CC)N(Cc1ccccc1Cl)C(=O)CN(c1cc(Cl)ccc1C)S(C)(=O)=O. The van der Waals surface area contributed by atoms with Gasteiger partial charge in [-0.1, -0.05) is 61.3 Å². The second-order valence-electron chi connectivity index (χ2n) is 8.56. The van der Waals surface area contributed by atoms with Crippen molar-refractivity contribution in [1.82, 2.24) is 10.2 Å². The highest BCUT2D eigenvalue weighted by atomic mass is 35.5. The third-order valence-corrected chi connectivity index (χ3v) is 7.53. The number of hydrogen-bond acceptors (Lipinski definition) is 4. The summed E-state index contributed by atoms with van der Waals surface area (Å²) in [4.78, 5) is 28.2. The molecule has 0 aliphatic carbocycles. The largest absolute Gasteiger partial charge is 0.352 e. The molecule has 2 atom stereocenters. The van der Waals surface area contributed by atoms with E-state index in [0.717, 1.165) is 17.0 Å². The van der Waals surface area contributed by atoms with E-state index >= 15 is 0 Å². The predicted molar refractivity (Wildman–Crippen MR) is 142 cm³/mol. The monoisotopic (exact) mass is 541 g/mol. The number of carbonyl (C=O) groups is 2. The molecule has 0 heterocycles. The van der Waals surface area contributed by atoms with E-state index in [1.807, 2.05) is 20.8 Å². The highest BCUT2D eigenvalue weighted by Crippen LogP contribution is 2.27. The van der Waals surface area contributed by atoms with E-state index in [4.69, 9.17) is 23.2 Å². The summed E-state index contributed by atoms with van der Waals surface area (Å²) in [6, 6.07) is 11.0. The molecule has 0 bridgehead atoms. The first kappa shape index (κ1) is 28.9. The maximum absolute atomic E-state index is 13.7. The summed E-state index contributed by atoms with van der Waals surface area (Å²) < 4.78 is 26.5. The normalized spacial score (nSPS) is 13.1. The Morgan fingerprint density at radius 3 is 2.29 bits per heavy atom. The number of nitrogens with zero attached hydrogens (tertiary/aromatic N) is 2. The molecule has 0 saturated carbocycles. The molecule has 0 unspecified atom stereocenters. The van der Waals surface area contributed by atoms with Gasteiger partial charge in [-0.25, -0.2) is 8.42 Å². The highest BCUT2D eigenvalue weighted by molar-refractivity contribution is 7.92. The number of anilines is 1. The van der Waals surface area contributed by atoms with Crippen molar-refractivity contribution in [2.75, 3.05) is 17.1 Å². The van der Waals surface area contributed by atoms with Crippen LogP contribution in [0.4, 0.5) is 5.69 Å². The van der Waals surface area contributed by atoms with Crippen LogP contribution in [0, 0.1) is 6.92 Å². The number of aryl methyl sites for hydroxylation is 1. The first-order chi connectivity index (χ1) is 16.4. The van der Waals surface area contributed by atoms with Crippen LogP contribution in [0.3, 0.4) is 0 Å². The minimum absolute atomic E-state index is 0.0526. The topological polar surface area (TPSA) is 86.8 Å². The summed E-state index contributed by atoms with van der Waals surface area (Å²) in [6.45, 7) is 6.95. The molecule has 2 rings (SSSR count). The molecule has 0 saturated heterocycles. The van der Waals surface area contributed by atoms with Gasteiger partial charge in [0.2, 0.25) is 21.8 Å². The second-order valence-corrected chi connectivity index (χ2v) is 11.3. The van der Waals surface area contributed by atoms with Crippen molar-refractivity contribution in [3.05, 3.63) is 63.6 Å². The van der Waals surface area contributed by atoms with Crippen LogP contribution in [0.25, 0.3) is 0 Å². The summed E-state index contributed by atoms with van der Waals surface area (Å²) >= 11 is 12.5. The molecule has 7 nitrogen and oxygen atoms in total. The molecule has 0 fully saturated rings. The number of hydrogen-bond donors (Lipinski definition) is 1. The zero-order chi connectivity index (χ0) is 26.3. The molecular formula is C25H33Cl2N3O4S. The van der Waals surface area contributed by atoms with Crippen LogP contribution in [0.2, 0.25) is 10.0 Å². The Hall–Kier alpha value is -2.29. The van der Waals surface area contributed by atoms with Crippen LogP contribution >= 0.6 is 23.2 Å². The Balaban J connectivity index is 2.50. The number of benzene rings is 2. The molecule has 0 aliphatic heterocycles. The molecule has 0 spiro atoms. The fourth-order valence-electron chi connectivity index (χ4n) is 3.62. The lowest BCUT2D eigenvalue weighted by molar-refractivity contribution is -0.140. The van der Waals surface area contributed by atoms with Crippen LogP contribution in [0.1, 0.15) is 44.7 Å². The standard InChI is InChI=1S/C25H33Cl2N3O4S/c1-6-18(4)28-25(32)22(7-2)29(15-19-10-8-9-11-21(19)27)24(31)16-30(35(5,33)34)23-14-20(26)13-12-17(23)3/h8-14,18,22H,6-7,15-16H2,1-5H3,(H,28,32)/t18-,22+/m1/s1. The number of halogens is 2. The zero-order valence-electron chi connectivity index (χ0n) is 20.7. The quantitative estimate of drug-likeness (QED) is 0.443. The summed E-state index contributed by atoms with van der Waals surface area (Å²) in [7, 11) is -3.84. The summed E-state index contributed by atoms with van der Waals surface area (Å²) in [6.07, 6.45) is 2.11. The molecule has 2 aromatic carbocycles. The number of carbonyl (C=O) groups excluding carboxylic acids is 2. The van der Waals surface area contributed by atoms with Crippen molar-refractivity contribution in [2.45, 2.75) is 59.2 Å². The Morgan fingerprint density at radius 2 is 1.71 bits per heavy atom. The van der Waals surface area contributed by atoms with Gasteiger partial charge in [-0.15, -0.1) is 0 Å². The molecule has 1 N–H and O–H groups in total. The van der Waals surface area contributed by atoms with E-state index in [0.29, 0.717) is 33.3 Å². The maximum atomic E-state index is 13.7. The van der Waals surface area contributed by atoms with E-state index in [1.165, 1.54) is 11.0 Å². The van der Waals surface area contributed by atoms with Gasteiger partial charge in [0, 0.05) is 22.6 Å². The van der Waals surface area contributed by atoms with Crippen LogP contribution in [0.15, 0.2) is 42.5 Å². The van der Waals surface area contributed by atoms with Gasteiger partial charge in [0.05, 0.1) is 11.9 Å². The lowest BCUT2D eigenvalue weighted by Gasteiger charge is -2.33. The Kier molecular flexibility index (Phi) is 10.4. The summed E-state index contributed by atoms with van der Waals surface area (Å²) in [5, 5.41) is 3.73. The van der Waals surface area contributed by atoms with E-state index in [2.05, 4.69) is 5.32 Å². The van der Waals surface area contributed by atoms with Gasteiger partial charge in [0.25, 0.3) is 0 Å². The van der Waals surface area contributed by atoms with E-state index in [1.54, 1.807) is 43.3 Å². The number of sulfonamides is 1. The van der Waals surface area contributed by atoms with Gasteiger partial charge in [-0.05, 0) is 56.0 Å². The van der Waals surface area contributed by atoms with Gasteiger partial charge in [0.15, 0.2) is 0 Å². The van der Waals surface area contributed by atoms with E-state index in [-0.39, 0.29) is 18.5 Å². The average Bonchev–Trinajstić information content (AvgIpc) is 2.79. The van der Waals surface area contributed by atoms with Crippen molar-refractivity contribution in [3.63, 3.8) is 0 Å². The molecule has 35 heavy (non-hydrogen) atoms. The van der Waals surface area contributed by atoms with Crippen molar-refractivity contribution in [1.29, 1.82) is 0 Å². The highest BCUT2D eigenvalue weighted by Gasteiger charge is 2.32. The summed E-state index contributed by atoms with van der Waals surface area (Å²) in [5.74, 6) is -0.826. The minimum Gasteiger partial charge on any atom is -0.352 e. The fourth-order valence-corrected chi connectivity index (χ4v) is 4.88. The van der Waals surface area contributed by atoms with Crippen LogP contribution in [0.5, 0.6) is 0 Å². The van der Waals surface area contributed by atoms with Crippen LogP contribution in [-0.4, -0.2) is 50.0 Å². The van der Waals surface area contributed by atoms with Crippen molar-refractivity contribution >= 4 is 50.7 Å². The van der Waals surface area contributed by atoms with Crippen LogP contribution < -0.4 is 9.62 Å². The third-order valence-electron chi connectivity index (χ3n) is 5.80. The number of rotatable bonds is 11. The fraction of sp³-hybridized carbons (Fsp3) is 0.440. The Morgan fingerprint density at radius 1 is 1.06 bits per heavy atom. The average molecular weight is 543 g/mol. The van der Waals surface area contributed by atoms with E-state index < -0.39 is 28.5 Å². The van der Waals surface area contributed by atoms with Gasteiger partial charge in [-0.3, -0.25) is 13.9 Å². The molecule has 10 heteroatoms. The Bertz CT molecular complexity index is 1160. The van der Waals surface area contributed by atoms with Gasteiger partial charge in [-0.2, -0.15) is 0 Å². The van der Waals surface area contributed by atoms with Gasteiger partial charge in [0.1, 0.15) is 12.6 Å². The molecule has 2 amide bonds. The van der Waals surface area contributed by atoms with Crippen LogP contribution in [-0.2, 0) is 26.2 Å². The van der Waals surface area contributed by atoms with Crippen molar-refractivity contribution in [3.8, 4) is 0 Å². The van der Waals surface area contributed by atoms with Gasteiger partial charge >= 0.3 is 0 Å². The van der Waals surface area contributed by atoms with Crippen molar-refractivity contribution < 1.29 is 18.0 Å². The first-order valence-corrected chi connectivity index (χ1v) is 14.1. The molecule has 0 radical (unpaired) electrons. The maximum Gasteiger partial charge on any atom is 0.244 e. The first-order valence-electron chi connectivity index (χ1n) is 11.5. The second kappa shape index (κ2) is 12.6. The zero-order valence-corrected chi connectivity index (χ0v) is 23.0. The number of amides is 2. The minimum atomic E-state index is -3.84. The Labute approximate surface area is 218 Å². The van der Waals surface area contributed by atoms with E-state index in [9.17, 15) is 18.0 Å².